The van der Waals surface area contributed by atoms with E-state index in [1.54, 1.807) is 12.1 Å². The molecule has 0 spiro atoms. The van der Waals surface area contributed by atoms with Gasteiger partial charge in [0.2, 0.25) is 0 Å². The van der Waals surface area contributed by atoms with E-state index in [0.717, 1.165) is 31.5 Å². The van der Waals surface area contributed by atoms with Gasteiger partial charge in [-0.3, -0.25) is 9.78 Å². The number of rotatable bonds is 3. The Hall–Kier alpha value is -3.14. The second-order valence-electron chi connectivity index (χ2n) is 6.42. The summed E-state index contributed by atoms with van der Waals surface area (Å²) >= 11 is 0. The summed E-state index contributed by atoms with van der Waals surface area (Å²) in [5.41, 5.74) is 0.855. The second-order valence-corrected chi connectivity index (χ2v) is 6.42. The van der Waals surface area contributed by atoms with Crippen molar-refractivity contribution in [1.29, 1.82) is 5.26 Å². The molecule has 0 unspecified atom stereocenters. The molecule has 0 saturated heterocycles. The maximum Gasteiger partial charge on any atom is 0.189 e. The Balaban J connectivity index is 1.72. The highest BCUT2D eigenvalue weighted by Gasteiger charge is 2.29. The molecule has 0 aliphatic carbocycles. The van der Waals surface area contributed by atoms with E-state index in [0.29, 0.717) is 23.3 Å². The summed E-state index contributed by atoms with van der Waals surface area (Å²) in [6.07, 6.45) is 5.32. The van der Waals surface area contributed by atoms with Crippen molar-refractivity contribution >= 4 is 16.7 Å². The summed E-state index contributed by atoms with van der Waals surface area (Å²) in [6, 6.07) is 7.82. The molecule has 0 bridgehead atoms. The Bertz CT molecular complexity index is 1040. The summed E-state index contributed by atoms with van der Waals surface area (Å²) in [5, 5.41) is 18.4. The number of ketones is 1. The van der Waals surface area contributed by atoms with Gasteiger partial charge in [-0.1, -0.05) is 6.42 Å². The third-order valence-corrected chi connectivity index (χ3v) is 4.72. The molecule has 2 aromatic heterocycles. The molecule has 0 radical (unpaired) electrons. The zero-order chi connectivity index (χ0) is 18.1. The van der Waals surface area contributed by atoms with Crippen molar-refractivity contribution in [3.8, 4) is 6.07 Å². The first kappa shape index (κ1) is 16.3. The molecule has 1 aliphatic heterocycles. The maximum atomic E-state index is 13.5. The minimum Gasteiger partial charge on any atom is -0.313 e. The van der Waals surface area contributed by atoms with Gasteiger partial charge in [0.15, 0.2) is 17.5 Å². The van der Waals surface area contributed by atoms with Crippen molar-refractivity contribution in [1.82, 2.24) is 19.7 Å². The molecule has 1 aromatic carbocycles. The molecule has 1 aliphatic rings. The maximum absolute atomic E-state index is 13.5. The molecule has 6 nitrogen and oxygen atoms in total. The molecule has 0 saturated carbocycles. The lowest BCUT2D eigenvalue weighted by atomic mass is 9.98. The Labute approximate surface area is 149 Å². The van der Waals surface area contributed by atoms with Crippen molar-refractivity contribution in [3.05, 3.63) is 53.5 Å². The smallest absolute Gasteiger partial charge is 0.189 e. The number of aromatic nitrogens is 4. The predicted molar refractivity (Wildman–Crippen MR) is 92.0 cm³/mol. The van der Waals surface area contributed by atoms with E-state index in [4.69, 9.17) is 0 Å². The van der Waals surface area contributed by atoms with Gasteiger partial charge in [-0.2, -0.15) is 5.26 Å². The molecular formula is C19H16FN5O. The molecule has 0 N–H and O–H groups in total. The summed E-state index contributed by atoms with van der Waals surface area (Å²) in [5.74, 6) is -0.644. The number of carbonyl (C=O) groups excluding carboxylic acids is 1. The number of fused-ring (bicyclic) bond motifs is 2. The average molecular weight is 349 g/mol. The summed E-state index contributed by atoms with van der Waals surface area (Å²) in [4.78, 5) is 17.1. The molecule has 26 heavy (non-hydrogen) atoms. The third-order valence-electron chi connectivity index (χ3n) is 4.72. The van der Waals surface area contributed by atoms with Crippen LogP contribution in [0.3, 0.4) is 0 Å². The van der Waals surface area contributed by atoms with Gasteiger partial charge in [-0.05, 0) is 37.1 Å². The topological polar surface area (TPSA) is 84.5 Å². The minimum atomic E-state index is -1.05. The van der Waals surface area contributed by atoms with Gasteiger partial charge >= 0.3 is 0 Å². The largest absolute Gasteiger partial charge is 0.313 e. The molecule has 0 amide bonds. The molecule has 3 aromatic rings. The Morgan fingerprint density at radius 2 is 2.12 bits per heavy atom. The molecule has 130 valence electrons. The van der Waals surface area contributed by atoms with Crippen LogP contribution in [0.25, 0.3) is 10.9 Å². The predicted octanol–water partition coefficient (Wildman–Crippen LogP) is 3.18. The number of nitriles is 1. The van der Waals surface area contributed by atoms with Crippen molar-refractivity contribution < 1.29 is 9.18 Å². The highest BCUT2D eigenvalue weighted by molar-refractivity contribution is 6.04. The first-order chi connectivity index (χ1) is 12.7. The number of hydrogen-bond donors (Lipinski definition) is 0. The van der Waals surface area contributed by atoms with Crippen LogP contribution < -0.4 is 0 Å². The van der Waals surface area contributed by atoms with E-state index in [2.05, 4.69) is 21.3 Å². The zero-order valence-corrected chi connectivity index (χ0v) is 14.0. The lowest BCUT2D eigenvalue weighted by Crippen LogP contribution is -2.18. The number of hydrogen-bond acceptors (Lipinski definition) is 5. The summed E-state index contributed by atoms with van der Waals surface area (Å²) < 4.78 is 15.4. The molecule has 1 atom stereocenters. The summed E-state index contributed by atoms with van der Waals surface area (Å²) in [6.45, 7) is 0.713. The van der Waals surface area contributed by atoms with Gasteiger partial charge in [-0.25, -0.2) is 4.39 Å². The third kappa shape index (κ3) is 2.84. The van der Waals surface area contributed by atoms with Crippen LogP contribution in [-0.4, -0.2) is 25.5 Å². The van der Waals surface area contributed by atoms with Crippen LogP contribution in [0.4, 0.5) is 4.39 Å². The van der Waals surface area contributed by atoms with E-state index in [9.17, 15) is 14.4 Å². The van der Waals surface area contributed by atoms with Crippen molar-refractivity contribution in [2.45, 2.75) is 38.1 Å². The normalized spacial score (nSPS) is 15.1. The second kappa shape index (κ2) is 6.64. The van der Waals surface area contributed by atoms with E-state index in [-0.39, 0.29) is 5.56 Å². The SMILES string of the molecule is N#C[C@H](C(=O)c1cnc2ccc(F)cc2c1)c1nnc2n1CCCCC2. The summed E-state index contributed by atoms with van der Waals surface area (Å²) in [7, 11) is 0. The van der Waals surface area contributed by atoms with E-state index >= 15 is 0 Å². The van der Waals surface area contributed by atoms with Gasteiger partial charge in [0.25, 0.3) is 0 Å². The Morgan fingerprint density at radius 1 is 1.23 bits per heavy atom. The fourth-order valence-corrected chi connectivity index (χ4v) is 3.36. The van der Waals surface area contributed by atoms with E-state index < -0.39 is 17.5 Å². The number of Topliss-reactive ketones (excluding diaryl/α,β-unsaturated/α-hetero) is 1. The average Bonchev–Trinajstić information content (AvgIpc) is 2.89. The Morgan fingerprint density at radius 3 is 2.96 bits per heavy atom. The van der Waals surface area contributed by atoms with Crippen LogP contribution >= 0.6 is 0 Å². The van der Waals surface area contributed by atoms with E-state index in [1.807, 2.05) is 4.57 Å². The molecular weight excluding hydrogens is 333 g/mol. The molecule has 4 rings (SSSR count). The van der Waals surface area contributed by atoms with Crippen LogP contribution in [-0.2, 0) is 13.0 Å². The van der Waals surface area contributed by atoms with Gasteiger partial charge in [0, 0.05) is 30.1 Å². The number of benzene rings is 1. The van der Waals surface area contributed by atoms with Crippen molar-refractivity contribution in [2.75, 3.05) is 0 Å². The minimum absolute atomic E-state index is 0.264. The highest BCUT2D eigenvalue weighted by Crippen LogP contribution is 2.24. The number of pyridine rings is 1. The van der Waals surface area contributed by atoms with Crippen LogP contribution in [0.1, 0.15) is 47.2 Å². The van der Waals surface area contributed by atoms with Gasteiger partial charge < -0.3 is 4.57 Å². The van der Waals surface area contributed by atoms with Gasteiger partial charge in [0.05, 0.1) is 11.6 Å². The number of carbonyl (C=O) groups is 1. The standard InChI is InChI=1S/C19H16FN5O/c20-14-5-6-16-12(9-14)8-13(11-22-16)18(26)15(10-21)19-24-23-17-4-2-1-3-7-25(17)19/h5-6,8-9,11,15H,1-4,7H2/t15-/m1/s1. The van der Waals surface area contributed by atoms with Crippen molar-refractivity contribution in [3.63, 3.8) is 0 Å². The first-order valence-electron chi connectivity index (χ1n) is 8.58. The zero-order valence-electron chi connectivity index (χ0n) is 14.0. The number of aryl methyl sites for hydroxylation is 1. The highest BCUT2D eigenvalue weighted by atomic mass is 19.1. The Kier molecular flexibility index (Phi) is 4.17. The van der Waals surface area contributed by atoms with E-state index in [1.165, 1.54) is 18.3 Å². The van der Waals surface area contributed by atoms with Crippen LogP contribution in [0.5, 0.6) is 0 Å². The molecule has 0 fully saturated rings. The monoisotopic (exact) mass is 349 g/mol. The molecule has 3 heterocycles. The number of halogens is 1. The lowest BCUT2D eigenvalue weighted by Gasteiger charge is -2.11. The quantitative estimate of drug-likeness (QED) is 0.678. The van der Waals surface area contributed by atoms with Gasteiger partial charge in [-0.15, -0.1) is 10.2 Å². The first-order valence-corrected chi connectivity index (χ1v) is 8.58. The van der Waals surface area contributed by atoms with Crippen LogP contribution in [0.2, 0.25) is 0 Å². The fourth-order valence-electron chi connectivity index (χ4n) is 3.36. The van der Waals surface area contributed by atoms with Crippen molar-refractivity contribution in [2.24, 2.45) is 0 Å². The number of nitrogens with zero attached hydrogens (tertiary/aromatic N) is 5. The van der Waals surface area contributed by atoms with Crippen LogP contribution in [0, 0.1) is 17.1 Å². The fraction of sp³-hybridized carbons (Fsp3) is 0.316. The van der Waals surface area contributed by atoms with Gasteiger partial charge in [0.1, 0.15) is 11.6 Å². The van der Waals surface area contributed by atoms with Crippen LogP contribution in [0.15, 0.2) is 30.5 Å². The lowest BCUT2D eigenvalue weighted by molar-refractivity contribution is 0.0974. The molecule has 7 heteroatoms.